The first-order valence-electron chi connectivity index (χ1n) is 5.16. The van der Waals surface area contributed by atoms with Crippen molar-refractivity contribution in [2.45, 2.75) is 23.8 Å². The SMILES string of the molecule is Nc1cc(F)cc(SCC2CCCN2)c1. The normalized spacial score (nSPS) is 20.7. The van der Waals surface area contributed by atoms with Gasteiger partial charge in [-0.3, -0.25) is 0 Å². The van der Waals surface area contributed by atoms with Crippen LogP contribution >= 0.6 is 11.8 Å². The molecule has 3 N–H and O–H groups in total. The number of hydrogen-bond donors (Lipinski definition) is 2. The summed E-state index contributed by atoms with van der Waals surface area (Å²) < 4.78 is 13.0. The van der Waals surface area contributed by atoms with E-state index in [1.807, 2.05) is 6.07 Å². The van der Waals surface area contributed by atoms with Crippen LogP contribution in [0.25, 0.3) is 0 Å². The Bertz CT molecular complexity index is 317. The number of nitrogens with two attached hydrogens (primary N) is 1. The highest BCUT2D eigenvalue weighted by molar-refractivity contribution is 7.99. The van der Waals surface area contributed by atoms with Gasteiger partial charge in [0.05, 0.1) is 0 Å². The van der Waals surface area contributed by atoms with Gasteiger partial charge >= 0.3 is 0 Å². The van der Waals surface area contributed by atoms with Crippen LogP contribution in [0.2, 0.25) is 0 Å². The van der Waals surface area contributed by atoms with Gasteiger partial charge < -0.3 is 11.1 Å². The van der Waals surface area contributed by atoms with Gasteiger partial charge in [0.25, 0.3) is 0 Å². The topological polar surface area (TPSA) is 38.0 Å². The van der Waals surface area contributed by atoms with Crippen LogP contribution < -0.4 is 11.1 Å². The lowest BCUT2D eigenvalue weighted by Gasteiger charge is -2.09. The first-order chi connectivity index (χ1) is 7.24. The number of rotatable bonds is 3. The molecule has 1 atom stereocenters. The summed E-state index contributed by atoms with van der Waals surface area (Å²) in [4.78, 5) is 0.918. The number of hydrogen-bond acceptors (Lipinski definition) is 3. The number of benzene rings is 1. The van der Waals surface area contributed by atoms with Crippen LogP contribution in [-0.4, -0.2) is 18.3 Å². The van der Waals surface area contributed by atoms with Crippen LogP contribution in [0.5, 0.6) is 0 Å². The van der Waals surface area contributed by atoms with Crippen LogP contribution in [0.4, 0.5) is 10.1 Å². The number of anilines is 1. The van der Waals surface area contributed by atoms with E-state index in [0.717, 1.165) is 17.2 Å². The lowest BCUT2D eigenvalue weighted by Crippen LogP contribution is -2.23. The van der Waals surface area contributed by atoms with E-state index in [2.05, 4.69) is 5.32 Å². The highest BCUT2D eigenvalue weighted by Crippen LogP contribution is 2.24. The average Bonchev–Trinajstić information content (AvgIpc) is 2.65. The van der Waals surface area contributed by atoms with Crippen molar-refractivity contribution in [3.8, 4) is 0 Å². The molecule has 1 saturated heterocycles. The Balaban J connectivity index is 1.92. The molecule has 1 heterocycles. The second-order valence-corrected chi connectivity index (χ2v) is 4.92. The van der Waals surface area contributed by atoms with Crippen molar-refractivity contribution in [1.82, 2.24) is 5.32 Å². The third-order valence-electron chi connectivity index (χ3n) is 2.51. The minimum absolute atomic E-state index is 0.253. The van der Waals surface area contributed by atoms with Gasteiger partial charge in [0.1, 0.15) is 5.82 Å². The summed E-state index contributed by atoms with van der Waals surface area (Å²) in [5.41, 5.74) is 6.07. The minimum atomic E-state index is -0.253. The van der Waals surface area contributed by atoms with Gasteiger partial charge in [-0.05, 0) is 37.6 Å². The number of halogens is 1. The maximum Gasteiger partial charge on any atom is 0.126 e. The summed E-state index contributed by atoms with van der Waals surface area (Å²) >= 11 is 1.66. The smallest absolute Gasteiger partial charge is 0.126 e. The zero-order valence-corrected chi connectivity index (χ0v) is 9.32. The summed E-state index contributed by atoms with van der Waals surface area (Å²) in [6.07, 6.45) is 2.47. The Morgan fingerprint density at radius 2 is 2.33 bits per heavy atom. The van der Waals surface area contributed by atoms with Crippen molar-refractivity contribution in [3.05, 3.63) is 24.0 Å². The number of nitrogens with one attached hydrogen (secondary N) is 1. The number of thioether (sulfide) groups is 1. The molecule has 0 saturated carbocycles. The van der Waals surface area contributed by atoms with Gasteiger partial charge in [-0.25, -0.2) is 4.39 Å². The van der Waals surface area contributed by atoms with Crippen LogP contribution in [0.3, 0.4) is 0 Å². The molecular formula is C11H15FN2S. The van der Waals surface area contributed by atoms with Crippen LogP contribution in [-0.2, 0) is 0 Å². The third kappa shape index (κ3) is 3.11. The maximum absolute atomic E-state index is 13.0. The quantitative estimate of drug-likeness (QED) is 0.613. The summed E-state index contributed by atoms with van der Waals surface area (Å²) in [5.74, 6) is 0.736. The summed E-state index contributed by atoms with van der Waals surface area (Å²) in [6.45, 7) is 1.11. The van der Waals surface area contributed by atoms with E-state index in [1.165, 1.54) is 25.0 Å². The Hall–Kier alpha value is -0.740. The van der Waals surface area contributed by atoms with Crippen molar-refractivity contribution >= 4 is 17.4 Å². The largest absolute Gasteiger partial charge is 0.399 e. The Kier molecular flexibility index (Phi) is 3.49. The molecule has 15 heavy (non-hydrogen) atoms. The second kappa shape index (κ2) is 4.86. The molecule has 4 heteroatoms. The molecule has 0 radical (unpaired) electrons. The second-order valence-electron chi connectivity index (χ2n) is 3.82. The predicted octanol–water partition coefficient (Wildman–Crippen LogP) is 2.25. The summed E-state index contributed by atoms with van der Waals surface area (Å²) in [6, 6.07) is 5.27. The standard InChI is InChI=1S/C11H15FN2S/c12-8-4-9(13)6-11(5-8)15-7-10-2-1-3-14-10/h4-6,10,14H,1-3,7,13H2. The zero-order chi connectivity index (χ0) is 10.7. The molecule has 1 aromatic carbocycles. The fourth-order valence-corrected chi connectivity index (χ4v) is 2.86. The molecule has 1 unspecified atom stereocenters. The monoisotopic (exact) mass is 226 g/mol. The van der Waals surface area contributed by atoms with Gasteiger partial charge in [-0.2, -0.15) is 0 Å². The van der Waals surface area contributed by atoms with E-state index in [4.69, 9.17) is 5.73 Å². The highest BCUT2D eigenvalue weighted by atomic mass is 32.2. The molecule has 0 aromatic heterocycles. The van der Waals surface area contributed by atoms with E-state index < -0.39 is 0 Å². The van der Waals surface area contributed by atoms with Crippen molar-refractivity contribution in [2.75, 3.05) is 18.0 Å². The summed E-state index contributed by atoms with van der Waals surface area (Å²) in [5, 5.41) is 3.41. The first-order valence-corrected chi connectivity index (χ1v) is 6.15. The van der Waals surface area contributed by atoms with Gasteiger partial charge in [-0.1, -0.05) is 0 Å². The van der Waals surface area contributed by atoms with E-state index in [0.29, 0.717) is 11.7 Å². The van der Waals surface area contributed by atoms with Gasteiger partial charge in [-0.15, -0.1) is 11.8 Å². The Morgan fingerprint density at radius 3 is 3.00 bits per heavy atom. The fraction of sp³-hybridized carbons (Fsp3) is 0.455. The molecule has 2 nitrogen and oxygen atoms in total. The lowest BCUT2D eigenvalue weighted by molar-refractivity contribution is 0.625. The van der Waals surface area contributed by atoms with Crippen molar-refractivity contribution in [3.63, 3.8) is 0 Å². The lowest BCUT2D eigenvalue weighted by atomic mass is 10.3. The summed E-state index contributed by atoms with van der Waals surface area (Å²) in [7, 11) is 0. The van der Waals surface area contributed by atoms with Gasteiger partial charge in [0.2, 0.25) is 0 Å². The predicted molar refractivity (Wildman–Crippen MR) is 62.6 cm³/mol. The molecule has 0 spiro atoms. The third-order valence-corrected chi connectivity index (χ3v) is 3.65. The van der Waals surface area contributed by atoms with Crippen LogP contribution in [0.15, 0.2) is 23.1 Å². The van der Waals surface area contributed by atoms with E-state index in [9.17, 15) is 4.39 Å². The Labute approximate surface area is 93.4 Å². The van der Waals surface area contributed by atoms with Crippen molar-refractivity contribution < 1.29 is 4.39 Å². The molecular weight excluding hydrogens is 211 g/mol. The molecule has 1 aliphatic heterocycles. The fourth-order valence-electron chi connectivity index (χ4n) is 1.76. The van der Waals surface area contributed by atoms with Crippen LogP contribution in [0.1, 0.15) is 12.8 Å². The first kappa shape index (κ1) is 10.8. The van der Waals surface area contributed by atoms with E-state index in [-0.39, 0.29) is 5.82 Å². The minimum Gasteiger partial charge on any atom is -0.399 e. The molecule has 0 aliphatic carbocycles. The molecule has 2 rings (SSSR count). The molecule has 1 aliphatic rings. The van der Waals surface area contributed by atoms with Crippen molar-refractivity contribution in [2.24, 2.45) is 0 Å². The highest BCUT2D eigenvalue weighted by Gasteiger charge is 2.14. The molecule has 82 valence electrons. The van der Waals surface area contributed by atoms with E-state index in [1.54, 1.807) is 11.8 Å². The van der Waals surface area contributed by atoms with Gasteiger partial charge in [0, 0.05) is 22.4 Å². The molecule has 0 amide bonds. The zero-order valence-electron chi connectivity index (χ0n) is 8.50. The van der Waals surface area contributed by atoms with Crippen LogP contribution in [0, 0.1) is 5.82 Å². The number of nitrogen functional groups attached to an aromatic ring is 1. The van der Waals surface area contributed by atoms with Crippen molar-refractivity contribution in [1.29, 1.82) is 0 Å². The van der Waals surface area contributed by atoms with Gasteiger partial charge in [0.15, 0.2) is 0 Å². The van der Waals surface area contributed by atoms with E-state index >= 15 is 0 Å². The molecule has 1 fully saturated rings. The molecule has 0 bridgehead atoms. The molecule has 1 aromatic rings. The average molecular weight is 226 g/mol. The maximum atomic E-state index is 13.0. The Morgan fingerprint density at radius 1 is 1.47 bits per heavy atom.